The SMILES string of the molecule is Nc1c(NNC(=O)c2cccc(Cl)c2)ncnc1Nc1ccc(Cl)cc1. The minimum absolute atomic E-state index is 0.244. The smallest absolute Gasteiger partial charge is 0.269 e. The number of anilines is 4. The number of nitrogen functional groups attached to an aromatic ring is 1. The largest absolute Gasteiger partial charge is 0.393 e. The number of nitrogens with one attached hydrogen (secondary N) is 3. The van der Waals surface area contributed by atoms with E-state index in [0.717, 1.165) is 5.69 Å². The molecule has 132 valence electrons. The highest BCUT2D eigenvalue weighted by atomic mass is 35.5. The normalized spacial score (nSPS) is 10.2. The standard InChI is InChI=1S/C17H14Cl2N6O/c18-11-4-6-13(7-5-11)23-15-14(20)16(22-9-21-15)24-25-17(26)10-2-1-3-12(19)8-10/h1-9H,20H2,(H,25,26)(H2,21,22,23,24). The molecule has 3 aromatic rings. The molecule has 0 spiro atoms. The van der Waals surface area contributed by atoms with Crippen molar-refractivity contribution in [3.05, 3.63) is 70.5 Å². The fraction of sp³-hybridized carbons (Fsp3) is 0. The van der Waals surface area contributed by atoms with Crippen LogP contribution < -0.4 is 21.9 Å². The molecule has 5 N–H and O–H groups in total. The molecule has 7 nitrogen and oxygen atoms in total. The van der Waals surface area contributed by atoms with E-state index >= 15 is 0 Å². The Morgan fingerprint density at radius 1 is 0.962 bits per heavy atom. The predicted molar refractivity (Wildman–Crippen MR) is 104 cm³/mol. The summed E-state index contributed by atoms with van der Waals surface area (Å²) in [5, 5.41) is 4.15. The number of halogens is 2. The lowest BCUT2D eigenvalue weighted by Gasteiger charge is -2.13. The van der Waals surface area contributed by atoms with Crippen molar-refractivity contribution in [3.8, 4) is 0 Å². The van der Waals surface area contributed by atoms with Gasteiger partial charge in [0.05, 0.1) is 0 Å². The van der Waals surface area contributed by atoms with Crippen molar-refractivity contribution < 1.29 is 4.79 Å². The first-order valence-corrected chi connectivity index (χ1v) is 8.23. The average molecular weight is 389 g/mol. The van der Waals surface area contributed by atoms with Gasteiger partial charge in [0.2, 0.25) is 0 Å². The van der Waals surface area contributed by atoms with Crippen LogP contribution in [0.25, 0.3) is 0 Å². The van der Waals surface area contributed by atoms with Gasteiger partial charge in [-0.2, -0.15) is 0 Å². The number of nitrogens with two attached hydrogens (primary N) is 1. The molecule has 0 atom stereocenters. The van der Waals surface area contributed by atoms with Gasteiger partial charge in [-0.1, -0.05) is 29.3 Å². The van der Waals surface area contributed by atoms with Gasteiger partial charge in [0, 0.05) is 21.3 Å². The van der Waals surface area contributed by atoms with Gasteiger partial charge in [-0.05, 0) is 42.5 Å². The molecule has 1 aromatic heterocycles. The van der Waals surface area contributed by atoms with Crippen molar-refractivity contribution in [1.29, 1.82) is 0 Å². The van der Waals surface area contributed by atoms with Crippen LogP contribution >= 0.6 is 23.2 Å². The Bertz CT molecular complexity index is 933. The molecule has 0 unspecified atom stereocenters. The molecule has 1 amide bonds. The van der Waals surface area contributed by atoms with E-state index in [1.54, 1.807) is 48.5 Å². The van der Waals surface area contributed by atoms with Gasteiger partial charge in [-0.15, -0.1) is 0 Å². The number of hydrazine groups is 1. The van der Waals surface area contributed by atoms with E-state index < -0.39 is 0 Å². The van der Waals surface area contributed by atoms with Gasteiger partial charge in [-0.3, -0.25) is 15.6 Å². The van der Waals surface area contributed by atoms with Gasteiger partial charge >= 0.3 is 0 Å². The summed E-state index contributed by atoms with van der Waals surface area (Å²) in [4.78, 5) is 20.3. The van der Waals surface area contributed by atoms with Crippen molar-refractivity contribution in [2.24, 2.45) is 0 Å². The van der Waals surface area contributed by atoms with Crippen molar-refractivity contribution in [3.63, 3.8) is 0 Å². The highest BCUT2D eigenvalue weighted by molar-refractivity contribution is 6.31. The third-order valence-electron chi connectivity index (χ3n) is 3.37. The van der Waals surface area contributed by atoms with E-state index in [2.05, 4.69) is 26.1 Å². The maximum Gasteiger partial charge on any atom is 0.269 e. The van der Waals surface area contributed by atoms with E-state index in [9.17, 15) is 4.79 Å². The molecule has 0 radical (unpaired) electrons. The number of carbonyl (C=O) groups excluding carboxylic acids is 1. The molecule has 0 aliphatic rings. The zero-order valence-corrected chi connectivity index (χ0v) is 14.8. The fourth-order valence-electron chi connectivity index (χ4n) is 2.08. The average Bonchev–Trinajstić information content (AvgIpc) is 2.64. The molecule has 0 saturated carbocycles. The number of hydrogen-bond donors (Lipinski definition) is 4. The lowest BCUT2D eigenvalue weighted by Crippen LogP contribution is -2.30. The molecule has 3 rings (SSSR count). The summed E-state index contributed by atoms with van der Waals surface area (Å²) in [5.74, 6) is 0.270. The number of amides is 1. The summed E-state index contributed by atoms with van der Waals surface area (Å²) < 4.78 is 0. The second-order valence-electron chi connectivity index (χ2n) is 5.21. The van der Waals surface area contributed by atoms with E-state index in [0.29, 0.717) is 21.4 Å². The Labute approximate surface area is 159 Å². The van der Waals surface area contributed by atoms with Gasteiger partial charge < -0.3 is 11.1 Å². The van der Waals surface area contributed by atoms with Gasteiger partial charge in [0.25, 0.3) is 5.91 Å². The van der Waals surface area contributed by atoms with Crippen LogP contribution in [0.3, 0.4) is 0 Å². The summed E-state index contributed by atoms with van der Waals surface area (Å²) in [6.45, 7) is 0. The first-order valence-electron chi connectivity index (χ1n) is 7.48. The maximum absolute atomic E-state index is 12.1. The Hall–Kier alpha value is -3.03. The molecule has 0 saturated heterocycles. The van der Waals surface area contributed by atoms with Crippen LogP contribution in [0, 0.1) is 0 Å². The third kappa shape index (κ3) is 4.33. The second-order valence-corrected chi connectivity index (χ2v) is 6.08. The van der Waals surface area contributed by atoms with Crippen molar-refractivity contribution >= 4 is 52.1 Å². The van der Waals surface area contributed by atoms with Crippen LogP contribution in [0.1, 0.15) is 10.4 Å². The number of hydrogen-bond acceptors (Lipinski definition) is 6. The van der Waals surface area contributed by atoms with Crippen LogP contribution in [0.2, 0.25) is 10.0 Å². The summed E-state index contributed by atoms with van der Waals surface area (Å²) >= 11 is 11.7. The lowest BCUT2D eigenvalue weighted by atomic mass is 10.2. The number of rotatable bonds is 5. The van der Waals surface area contributed by atoms with Crippen molar-refractivity contribution in [2.45, 2.75) is 0 Å². The first kappa shape index (κ1) is 17.8. The number of carbonyl (C=O) groups is 1. The molecular formula is C17H14Cl2N6O. The van der Waals surface area contributed by atoms with E-state index in [-0.39, 0.29) is 17.4 Å². The Morgan fingerprint density at radius 2 is 1.69 bits per heavy atom. The highest BCUT2D eigenvalue weighted by Crippen LogP contribution is 2.26. The van der Waals surface area contributed by atoms with Gasteiger partial charge in [0.15, 0.2) is 11.6 Å². The highest BCUT2D eigenvalue weighted by Gasteiger charge is 2.11. The maximum atomic E-state index is 12.1. The van der Waals surface area contributed by atoms with Crippen LogP contribution in [-0.2, 0) is 0 Å². The minimum Gasteiger partial charge on any atom is -0.393 e. The molecular weight excluding hydrogens is 375 g/mol. The van der Waals surface area contributed by atoms with E-state index in [1.807, 2.05) is 0 Å². The number of benzene rings is 2. The second kappa shape index (κ2) is 7.90. The molecule has 0 fully saturated rings. The van der Waals surface area contributed by atoms with E-state index in [1.165, 1.54) is 6.33 Å². The zero-order valence-electron chi connectivity index (χ0n) is 13.3. The molecule has 0 bridgehead atoms. The third-order valence-corrected chi connectivity index (χ3v) is 3.86. The summed E-state index contributed by atoms with van der Waals surface area (Å²) in [7, 11) is 0. The summed E-state index contributed by atoms with van der Waals surface area (Å²) in [6.07, 6.45) is 1.32. The predicted octanol–water partition coefficient (Wildman–Crippen LogP) is 3.87. The molecule has 0 aliphatic heterocycles. The monoisotopic (exact) mass is 388 g/mol. The molecule has 1 heterocycles. The molecule has 0 aliphatic carbocycles. The van der Waals surface area contributed by atoms with Gasteiger partial charge in [0.1, 0.15) is 12.0 Å². The summed E-state index contributed by atoms with van der Waals surface area (Å²) in [6, 6.07) is 13.6. The zero-order chi connectivity index (χ0) is 18.5. The number of nitrogens with zero attached hydrogens (tertiary/aromatic N) is 2. The topological polar surface area (TPSA) is 105 Å². The quantitative estimate of drug-likeness (QED) is 0.494. The first-order chi connectivity index (χ1) is 12.5. The van der Waals surface area contributed by atoms with Gasteiger partial charge in [-0.25, -0.2) is 9.97 Å². The van der Waals surface area contributed by atoms with Crippen LogP contribution in [-0.4, -0.2) is 15.9 Å². The van der Waals surface area contributed by atoms with Crippen LogP contribution in [0.4, 0.5) is 23.0 Å². The molecule has 26 heavy (non-hydrogen) atoms. The fourth-order valence-corrected chi connectivity index (χ4v) is 2.40. The van der Waals surface area contributed by atoms with Crippen molar-refractivity contribution in [2.75, 3.05) is 16.5 Å². The molecule has 2 aromatic carbocycles. The Morgan fingerprint density at radius 3 is 2.42 bits per heavy atom. The van der Waals surface area contributed by atoms with Crippen LogP contribution in [0.5, 0.6) is 0 Å². The Balaban J connectivity index is 1.70. The minimum atomic E-state index is -0.377. The number of aromatic nitrogens is 2. The Kier molecular flexibility index (Phi) is 5.40. The van der Waals surface area contributed by atoms with Crippen molar-refractivity contribution in [1.82, 2.24) is 15.4 Å². The van der Waals surface area contributed by atoms with Crippen LogP contribution in [0.15, 0.2) is 54.9 Å². The lowest BCUT2D eigenvalue weighted by molar-refractivity contribution is 0.0962. The van der Waals surface area contributed by atoms with E-state index in [4.69, 9.17) is 28.9 Å². The molecule has 9 heteroatoms. The summed E-state index contributed by atoms with van der Waals surface area (Å²) in [5.41, 5.74) is 12.7.